The van der Waals surface area contributed by atoms with E-state index in [1.165, 1.54) is 10.5 Å². The Morgan fingerprint density at radius 3 is 2.60 bits per heavy atom. The summed E-state index contributed by atoms with van der Waals surface area (Å²) >= 11 is 0. The Hall–Kier alpha value is -2.15. The van der Waals surface area contributed by atoms with Gasteiger partial charge in [0.25, 0.3) is 15.9 Å². The number of nitrogens with two attached hydrogens (primary N) is 1. The fourth-order valence-electron chi connectivity index (χ4n) is 2.43. The first-order valence-corrected chi connectivity index (χ1v) is 7.59. The maximum Gasteiger partial charge on any atom is 0.289 e. The minimum atomic E-state index is -3.93. The van der Waals surface area contributed by atoms with Crippen molar-refractivity contribution in [2.75, 3.05) is 6.54 Å². The average Bonchev–Trinajstić information content (AvgIpc) is 2.71. The highest BCUT2D eigenvalue weighted by Gasteiger charge is 2.35. The van der Waals surface area contributed by atoms with Crippen molar-refractivity contribution >= 4 is 22.1 Å². The zero-order valence-corrected chi connectivity index (χ0v) is 11.4. The summed E-state index contributed by atoms with van der Waals surface area (Å²) < 4.78 is 26.7. The van der Waals surface area contributed by atoms with E-state index in [2.05, 4.69) is 4.40 Å². The zero-order chi connectivity index (χ0) is 14.3. The van der Waals surface area contributed by atoms with E-state index in [0.29, 0.717) is 19.5 Å². The first-order valence-electron chi connectivity index (χ1n) is 6.15. The van der Waals surface area contributed by atoms with Crippen LogP contribution in [0.25, 0.3) is 0 Å². The van der Waals surface area contributed by atoms with E-state index in [4.69, 9.17) is 5.73 Å². The zero-order valence-electron chi connectivity index (χ0n) is 10.6. The topological polar surface area (TPSA) is 92.8 Å². The Morgan fingerprint density at radius 2 is 1.95 bits per heavy atom. The Bertz CT molecular complexity index is 750. The van der Waals surface area contributed by atoms with Crippen molar-refractivity contribution in [2.45, 2.75) is 13.0 Å². The van der Waals surface area contributed by atoms with Crippen molar-refractivity contribution < 1.29 is 13.2 Å². The van der Waals surface area contributed by atoms with Crippen LogP contribution in [0.1, 0.15) is 11.1 Å². The lowest BCUT2D eigenvalue weighted by Crippen LogP contribution is -2.38. The molecule has 2 heterocycles. The lowest BCUT2D eigenvalue weighted by molar-refractivity contribution is -0.127. The van der Waals surface area contributed by atoms with Gasteiger partial charge in [0.2, 0.25) is 0 Å². The van der Waals surface area contributed by atoms with Gasteiger partial charge >= 0.3 is 0 Å². The van der Waals surface area contributed by atoms with Gasteiger partial charge in [-0.1, -0.05) is 24.3 Å². The Balaban J connectivity index is 1.90. The summed E-state index contributed by atoms with van der Waals surface area (Å²) in [6.07, 6.45) is 1.72. The van der Waals surface area contributed by atoms with Gasteiger partial charge in [-0.25, -0.2) is 0 Å². The standard InChI is InChI=1S/C13H13N3O3S/c14-11-7-15-20(18,19)12(11)13(17)16-6-5-9-3-1-2-4-10(9)8-16/h1-4,7H,5-6,8,14H2. The number of nitrogens with zero attached hydrogens (tertiary/aromatic N) is 2. The molecule has 7 heteroatoms. The van der Waals surface area contributed by atoms with Crippen LogP contribution in [-0.2, 0) is 27.8 Å². The number of allylic oxidation sites excluding steroid dienone is 1. The SMILES string of the molecule is NC1=C(C(=O)N2CCc3ccccc3C2)S(=O)(=O)N=C1. The third-order valence-corrected chi connectivity index (χ3v) is 4.77. The summed E-state index contributed by atoms with van der Waals surface area (Å²) in [5.41, 5.74) is 7.69. The maximum absolute atomic E-state index is 12.4. The van der Waals surface area contributed by atoms with Gasteiger partial charge in [-0.2, -0.15) is 12.8 Å². The van der Waals surface area contributed by atoms with E-state index in [0.717, 1.165) is 11.8 Å². The monoisotopic (exact) mass is 291 g/mol. The van der Waals surface area contributed by atoms with Crippen LogP contribution >= 0.6 is 0 Å². The second kappa shape index (κ2) is 4.45. The first-order chi connectivity index (χ1) is 9.49. The second-order valence-electron chi connectivity index (χ2n) is 4.74. The van der Waals surface area contributed by atoms with Gasteiger partial charge in [-0.05, 0) is 17.5 Å². The molecule has 1 amide bonds. The highest BCUT2D eigenvalue weighted by molar-refractivity contribution is 7.95. The molecule has 0 spiro atoms. The second-order valence-corrected chi connectivity index (χ2v) is 6.31. The molecule has 2 aliphatic heterocycles. The molecule has 0 saturated heterocycles. The lowest BCUT2D eigenvalue weighted by atomic mass is 10.00. The van der Waals surface area contributed by atoms with Crippen LogP contribution in [0, 0.1) is 0 Å². The lowest BCUT2D eigenvalue weighted by Gasteiger charge is -2.28. The number of hydrogen-bond acceptors (Lipinski definition) is 4. The molecule has 6 nitrogen and oxygen atoms in total. The highest BCUT2D eigenvalue weighted by atomic mass is 32.2. The highest BCUT2D eigenvalue weighted by Crippen LogP contribution is 2.24. The fourth-order valence-corrected chi connectivity index (χ4v) is 3.49. The number of hydrogen-bond donors (Lipinski definition) is 1. The van der Waals surface area contributed by atoms with E-state index >= 15 is 0 Å². The van der Waals surface area contributed by atoms with Crippen molar-refractivity contribution in [1.29, 1.82) is 0 Å². The molecule has 0 unspecified atom stereocenters. The van der Waals surface area contributed by atoms with Crippen molar-refractivity contribution in [3.8, 4) is 0 Å². The molecule has 0 radical (unpaired) electrons. The predicted molar refractivity (Wildman–Crippen MR) is 74.2 cm³/mol. The number of sulfonamides is 1. The normalized spacial score (nSPS) is 20.1. The minimum absolute atomic E-state index is 0.0890. The Morgan fingerprint density at radius 1 is 1.25 bits per heavy atom. The molecule has 0 saturated carbocycles. The van der Waals surface area contributed by atoms with Crippen LogP contribution in [-0.4, -0.2) is 32.0 Å². The van der Waals surface area contributed by atoms with Crippen LogP contribution < -0.4 is 5.73 Å². The predicted octanol–water partition coefficient (Wildman–Crippen LogP) is 0.156. The molecule has 104 valence electrons. The summed E-state index contributed by atoms with van der Waals surface area (Å²) in [4.78, 5) is 13.5. The van der Waals surface area contributed by atoms with Crippen LogP contribution in [0.5, 0.6) is 0 Å². The number of carbonyl (C=O) groups excluding carboxylic acids is 1. The number of carbonyl (C=O) groups is 1. The number of benzene rings is 1. The van der Waals surface area contributed by atoms with Gasteiger partial charge < -0.3 is 10.6 Å². The van der Waals surface area contributed by atoms with Crippen molar-refractivity contribution in [3.63, 3.8) is 0 Å². The molecule has 0 aliphatic carbocycles. The fraction of sp³-hybridized carbons (Fsp3) is 0.231. The van der Waals surface area contributed by atoms with Crippen molar-refractivity contribution in [3.05, 3.63) is 46.0 Å². The number of rotatable bonds is 1. The molecule has 2 aliphatic rings. The molecule has 1 aromatic carbocycles. The Labute approximate surface area is 116 Å². The molecule has 2 N–H and O–H groups in total. The van der Waals surface area contributed by atoms with Gasteiger partial charge in [0.05, 0.1) is 11.9 Å². The first kappa shape index (κ1) is 12.9. The van der Waals surface area contributed by atoms with Gasteiger partial charge in [-0.3, -0.25) is 4.79 Å². The molecule has 20 heavy (non-hydrogen) atoms. The van der Waals surface area contributed by atoms with E-state index in [-0.39, 0.29) is 5.70 Å². The van der Waals surface area contributed by atoms with Crippen LogP contribution in [0.3, 0.4) is 0 Å². The summed E-state index contributed by atoms with van der Waals surface area (Å²) in [6, 6.07) is 7.80. The quantitative estimate of drug-likeness (QED) is 0.797. The van der Waals surface area contributed by atoms with Gasteiger partial charge in [-0.15, -0.1) is 0 Å². The van der Waals surface area contributed by atoms with Crippen molar-refractivity contribution in [1.82, 2.24) is 4.90 Å². The summed E-state index contributed by atoms with van der Waals surface area (Å²) in [7, 11) is -3.93. The van der Waals surface area contributed by atoms with Gasteiger partial charge in [0.15, 0.2) is 4.91 Å². The average molecular weight is 291 g/mol. The van der Waals surface area contributed by atoms with Crippen molar-refractivity contribution in [2.24, 2.45) is 10.1 Å². The van der Waals surface area contributed by atoms with Gasteiger partial charge in [0.1, 0.15) is 0 Å². The smallest absolute Gasteiger partial charge is 0.289 e. The molecule has 0 fully saturated rings. The molecule has 3 rings (SSSR count). The summed E-state index contributed by atoms with van der Waals surface area (Å²) in [5.74, 6) is -0.575. The largest absolute Gasteiger partial charge is 0.396 e. The number of amides is 1. The third kappa shape index (κ3) is 2.00. The summed E-state index contributed by atoms with van der Waals surface area (Å²) in [5, 5.41) is 0. The van der Waals surface area contributed by atoms with E-state index in [1.807, 2.05) is 24.3 Å². The minimum Gasteiger partial charge on any atom is -0.396 e. The summed E-state index contributed by atoms with van der Waals surface area (Å²) in [6.45, 7) is 0.865. The van der Waals surface area contributed by atoms with E-state index in [1.54, 1.807) is 0 Å². The molecule has 1 aromatic rings. The van der Waals surface area contributed by atoms with Gasteiger partial charge in [0, 0.05) is 13.1 Å². The van der Waals surface area contributed by atoms with Crippen LogP contribution in [0.2, 0.25) is 0 Å². The third-order valence-electron chi connectivity index (χ3n) is 3.46. The van der Waals surface area contributed by atoms with E-state index in [9.17, 15) is 13.2 Å². The number of fused-ring (bicyclic) bond motifs is 1. The molecular weight excluding hydrogens is 278 g/mol. The molecular formula is C13H13N3O3S. The van der Waals surface area contributed by atoms with Crippen LogP contribution in [0.4, 0.5) is 0 Å². The van der Waals surface area contributed by atoms with Crippen LogP contribution in [0.15, 0.2) is 39.3 Å². The molecule has 0 aromatic heterocycles. The molecule has 0 atom stereocenters. The Kier molecular flexibility index (Phi) is 2.86. The maximum atomic E-state index is 12.4. The van der Waals surface area contributed by atoms with E-state index < -0.39 is 20.8 Å². The molecule has 0 bridgehead atoms.